The van der Waals surface area contributed by atoms with Gasteiger partial charge in [0.25, 0.3) is 5.92 Å². The molecule has 0 aliphatic heterocycles. The van der Waals surface area contributed by atoms with Gasteiger partial charge in [-0.05, 0) is 17.0 Å². The summed E-state index contributed by atoms with van der Waals surface area (Å²) in [6.45, 7) is 4.18. The van der Waals surface area contributed by atoms with Crippen molar-refractivity contribution in [2.75, 3.05) is 6.54 Å². The summed E-state index contributed by atoms with van der Waals surface area (Å²) >= 11 is 0. The Balaban J connectivity index is 2.29. The Hall–Kier alpha value is -0.960. The number of hydrogen-bond donors (Lipinski definition) is 1. The van der Waals surface area contributed by atoms with Crippen LogP contribution in [-0.4, -0.2) is 12.5 Å². The van der Waals surface area contributed by atoms with Gasteiger partial charge in [0.2, 0.25) is 0 Å². The molecule has 1 fully saturated rings. The number of rotatable bonds is 3. The van der Waals surface area contributed by atoms with Gasteiger partial charge in [-0.15, -0.1) is 0 Å². The van der Waals surface area contributed by atoms with Crippen molar-refractivity contribution in [3.05, 3.63) is 35.4 Å². The van der Waals surface area contributed by atoms with Crippen LogP contribution in [0.5, 0.6) is 0 Å². The lowest BCUT2D eigenvalue weighted by Gasteiger charge is -2.15. The summed E-state index contributed by atoms with van der Waals surface area (Å²) in [5.74, 6) is -2.20. The fourth-order valence-electron chi connectivity index (χ4n) is 2.17. The fraction of sp³-hybridized carbons (Fsp3) is 0.538. The van der Waals surface area contributed by atoms with E-state index in [-0.39, 0.29) is 13.0 Å². The van der Waals surface area contributed by atoms with Crippen LogP contribution in [-0.2, 0) is 5.41 Å². The minimum Gasteiger partial charge on any atom is -0.329 e. The van der Waals surface area contributed by atoms with Crippen molar-refractivity contribution < 1.29 is 8.78 Å². The highest BCUT2D eigenvalue weighted by Crippen LogP contribution is 2.60. The van der Waals surface area contributed by atoms with Crippen LogP contribution in [0.3, 0.4) is 0 Å². The van der Waals surface area contributed by atoms with E-state index in [0.717, 1.165) is 0 Å². The maximum absolute atomic E-state index is 13.3. The van der Waals surface area contributed by atoms with Gasteiger partial charge >= 0.3 is 0 Å². The molecule has 0 radical (unpaired) electrons. The van der Waals surface area contributed by atoms with Crippen LogP contribution in [0.2, 0.25) is 0 Å². The standard InChI is InChI=1S/C13H17F2N/c1-9(2)10-3-5-11(6-4-10)12(8-16)7-13(12,14)15/h3-6,9H,7-8,16H2,1-2H3. The van der Waals surface area contributed by atoms with Gasteiger partial charge < -0.3 is 5.73 Å². The molecule has 2 N–H and O–H groups in total. The number of halogens is 2. The van der Waals surface area contributed by atoms with Crippen molar-refractivity contribution in [1.29, 1.82) is 0 Å². The minimum atomic E-state index is -2.62. The second-order valence-corrected chi connectivity index (χ2v) is 4.94. The molecule has 0 heterocycles. The van der Waals surface area contributed by atoms with E-state index in [1.165, 1.54) is 5.56 Å². The first-order valence-corrected chi connectivity index (χ1v) is 5.61. The first kappa shape index (κ1) is 11.5. The van der Waals surface area contributed by atoms with E-state index in [2.05, 4.69) is 13.8 Å². The molecule has 1 aromatic carbocycles. The van der Waals surface area contributed by atoms with Crippen LogP contribution in [0.15, 0.2) is 24.3 Å². The van der Waals surface area contributed by atoms with E-state index in [1.807, 2.05) is 12.1 Å². The third-order valence-electron chi connectivity index (χ3n) is 3.58. The average molecular weight is 225 g/mol. The molecule has 1 unspecified atom stereocenters. The summed E-state index contributed by atoms with van der Waals surface area (Å²) in [5.41, 5.74) is 6.24. The van der Waals surface area contributed by atoms with Crippen LogP contribution < -0.4 is 5.73 Å². The molecule has 16 heavy (non-hydrogen) atoms. The van der Waals surface area contributed by atoms with E-state index >= 15 is 0 Å². The van der Waals surface area contributed by atoms with E-state index < -0.39 is 11.3 Å². The molecule has 1 atom stereocenters. The predicted molar refractivity (Wildman–Crippen MR) is 60.8 cm³/mol. The molecule has 1 aromatic rings. The first-order chi connectivity index (χ1) is 7.43. The molecule has 1 saturated carbocycles. The second kappa shape index (κ2) is 3.52. The molecule has 1 aliphatic carbocycles. The minimum absolute atomic E-state index is 0.0149. The summed E-state index contributed by atoms with van der Waals surface area (Å²) in [4.78, 5) is 0. The summed E-state index contributed by atoms with van der Waals surface area (Å²) in [6.07, 6.45) is -0.114. The highest BCUT2D eigenvalue weighted by atomic mass is 19.3. The van der Waals surface area contributed by atoms with Gasteiger partial charge in [-0.2, -0.15) is 0 Å². The lowest BCUT2D eigenvalue weighted by atomic mass is 9.92. The van der Waals surface area contributed by atoms with Crippen molar-refractivity contribution in [2.45, 2.75) is 37.5 Å². The summed E-state index contributed by atoms with van der Waals surface area (Å²) in [7, 11) is 0. The third-order valence-corrected chi connectivity index (χ3v) is 3.58. The first-order valence-electron chi connectivity index (χ1n) is 5.61. The van der Waals surface area contributed by atoms with Gasteiger partial charge in [-0.25, -0.2) is 8.78 Å². The SMILES string of the molecule is CC(C)c1ccc(C2(CN)CC2(F)F)cc1. The summed E-state index contributed by atoms with van der Waals surface area (Å²) < 4.78 is 26.6. The Kier molecular flexibility index (Phi) is 2.54. The number of alkyl halides is 2. The Bertz CT molecular complexity index is 383. The zero-order valence-corrected chi connectivity index (χ0v) is 9.63. The Morgan fingerprint density at radius 3 is 2.06 bits per heavy atom. The summed E-state index contributed by atoms with van der Waals surface area (Å²) in [5, 5.41) is 0. The highest BCUT2D eigenvalue weighted by Gasteiger charge is 2.70. The lowest BCUT2D eigenvalue weighted by Crippen LogP contribution is -2.26. The maximum Gasteiger partial charge on any atom is 0.260 e. The molecule has 1 aliphatic rings. The Morgan fingerprint density at radius 1 is 1.25 bits per heavy atom. The zero-order chi connectivity index (χ0) is 12.0. The number of hydrogen-bond acceptors (Lipinski definition) is 1. The fourth-order valence-corrected chi connectivity index (χ4v) is 2.17. The van der Waals surface area contributed by atoms with Gasteiger partial charge in [0.15, 0.2) is 0 Å². The Labute approximate surface area is 94.7 Å². The largest absolute Gasteiger partial charge is 0.329 e. The molecule has 2 rings (SSSR count). The zero-order valence-electron chi connectivity index (χ0n) is 9.63. The van der Waals surface area contributed by atoms with Crippen LogP contribution in [0.4, 0.5) is 8.78 Å². The highest BCUT2D eigenvalue weighted by molar-refractivity contribution is 5.40. The molecule has 0 bridgehead atoms. The summed E-state index contributed by atoms with van der Waals surface area (Å²) in [6, 6.07) is 7.43. The van der Waals surface area contributed by atoms with Gasteiger partial charge in [-0.3, -0.25) is 0 Å². The molecule has 0 amide bonds. The quantitative estimate of drug-likeness (QED) is 0.840. The van der Waals surface area contributed by atoms with Gasteiger partial charge in [0, 0.05) is 13.0 Å². The lowest BCUT2D eigenvalue weighted by molar-refractivity contribution is 0.0896. The molecule has 3 heteroatoms. The van der Waals surface area contributed by atoms with E-state index in [9.17, 15) is 8.78 Å². The molecule has 1 nitrogen and oxygen atoms in total. The number of benzene rings is 1. The second-order valence-electron chi connectivity index (χ2n) is 4.94. The topological polar surface area (TPSA) is 26.0 Å². The molecule has 0 saturated heterocycles. The van der Waals surface area contributed by atoms with Crippen LogP contribution in [0.1, 0.15) is 37.3 Å². The molecule has 0 spiro atoms. The van der Waals surface area contributed by atoms with Gasteiger partial charge in [0.1, 0.15) is 0 Å². The molecule has 0 aromatic heterocycles. The van der Waals surface area contributed by atoms with E-state index in [0.29, 0.717) is 11.5 Å². The molecular weight excluding hydrogens is 208 g/mol. The third kappa shape index (κ3) is 1.54. The van der Waals surface area contributed by atoms with E-state index in [1.54, 1.807) is 12.1 Å². The van der Waals surface area contributed by atoms with Crippen LogP contribution in [0.25, 0.3) is 0 Å². The van der Waals surface area contributed by atoms with Crippen molar-refractivity contribution in [3.63, 3.8) is 0 Å². The van der Waals surface area contributed by atoms with Crippen molar-refractivity contribution >= 4 is 0 Å². The van der Waals surface area contributed by atoms with Crippen molar-refractivity contribution in [2.24, 2.45) is 5.73 Å². The smallest absolute Gasteiger partial charge is 0.260 e. The monoisotopic (exact) mass is 225 g/mol. The molecular formula is C13H17F2N. The van der Waals surface area contributed by atoms with Gasteiger partial charge in [0.05, 0.1) is 5.41 Å². The molecule has 88 valence electrons. The number of nitrogens with two attached hydrogens (primary N) is 1. The van der Waals surface area contributed by atoms with Crippen LogP contribution >= 0.6 is 0 Å². The van der Waals surface area contributed by atoms with Gasteiger partial charge in [-0.1, -0.05) is 38.1 Å². The van der Waals surface area contributed by atoms with E-state index in [4.69, 9.17) is 5.73 Å². The maximum atomic E-state index is 13.3. The predicted octanol–water partition coefficient (Wildman–Crippen LogP) is 3.05. The van der Waals surface area contributed by atoms with Crippen molar-refractivity contribution in [1.82, 2.24) is 0 Å². The van der Waals surface area contributed by atoms with Crippen molar-refractivity contribution in [3.8, 4) is 0 Å². The average Bonchev–Trinajstić information content (AvgIpc) is 2.82. The van der Waals surface area contributed by atoms with Crippen LogP contribution in [0, 0.1) is 0 Å². The Morgan fingerprint density at radius 2 is 1.75 bits per heavy atom. The normalized spacial score (nSPS) is 27.1.